The second-order valence-corrected chi connectivity index (χ2v) is 12.7. The molecule has 0 radical (unpaired) electrons. The summed E-state index contributed by atoms with van der Waals surface area (Å²) in [4.78, 5) is 59.0. The molecule has 7 atom stereocenters. The van der Waals surface area contributed by atoms with E-state index in [0.29, 0.717) is 31.5 Å². The van der Waals surface area contributed by atoms with Crippen molar-refractivity contribution in [3.63, 3.8) is 0 Å². The van der Waals surface area contributed by atoms with Crippen molar-refractivity contribution >= 4 is 23.7 Å². The molecule has 5 rings (SSSR count). The van der Waals surface area contributed by atoms with E-state index in [1.54, 1.807) is 17.1 Å². The summed E-state index contributed by atoms with van der Waals surface area (Å²) in [5, 5.41) is 13.4. The van der Waals surface area contributed by atoms with Gasteiger partial charge < -0.3 is 29.7 Å². The molecule has 2 fully saturated rings. The van der Waals surface area contributed by atoms with Gasteiger partial charge >= 0.3 is 5.97 Å². The number of aliphatic hydroxyl groups is 1. The zero-order valence-corrected chi connectivity index (χ0v) is 25.9. The third-order valence-electron chi connectivity index (χ3n) is 9.20. The molecule has 1 aromatic rings. The van der Waals surface area contributed by atoms with Crippen molar-refractivity contribution in [2.24, 2.45) is 17.8 Å². The SMILES string of the molecule is CCCCN1C/C=C\CCC(=O)NC[C@@H](c2ccccc2)OC(=O)[C@@H]2[C@@H]3C=C[C@]4(O3)[C@H](C1=O)N([C@@H](CO)CC(C)C)C(=O)[C@@H]24. The fourth-order valence-electron chi connectivity index (χ4n) is 7.13. The van der Waals surface area contributed by atoms with Gasteiger partial charge in [-0.1, -0.05) is 81.8 Å². The number of allylic oxidation sites excluding steroid dienone is 1. The van der Waals surface area contributed by atoms with Crippen LogP contribution in [-0.4, -0.2) is 88.6 Å². The summed E-state index contributed by atoms with van der Waals surface area (Å²) in [7, 11) is 0. The Labute approximate surface area is 259 Å². The zero-order chi connectivity index (χ0) is 31.4. The topological polar surface area (TPSA) is 125 Å². The Hall–Kier alpha value is -3.50. The number of carbonyl (C=O) groups is 4. The van der Waals surface area contributed by atoms with E-state index in [0.717, 1.165) is 12.8 Å². The van der Waals surface area contributed by atoms with Crippen LogP contribution in [0.2, 0.25) is 0 Å². The summed E-state index contributed by atoms with van der Waals surface area (Å²) in [5.41, 5.74) is -0.643. The monoisotopic (exact) mass is 607 g/mol. The van der Waals surface area contributed by atoms with Crippen molar-refractivity contribution in [1.82, 2.24) is 15.1 Å². The van der Waals surface area contributed by atoms with Crippen molar-refractivity contribution in [3.8, 4) is 0 Å². The summed E-state index contributed by atoms with van der Waals surface area (Å²) < 4.78 is 12.6. The minimum atomic E-state index is -1.36. The van der Waals surface area contributed by atoms with Gasteiger partial charge in [0.05, 0.1) is 31.2 Å². The Balaban J connectivity index is 1.58. The maximum absolute atomic E-state index is 14.6. The maximum atomic E-state index is 14.6. The van der Waals surface area contributed by atoms with Crippen LogP contribution in [0.25, 0.3) is 0 Å². The highest BCUT2D eigenvalue weighted by Gasteiger charge is 2.74. The van der Waals surface area contributed by atoms with Gasteiger partial charge in [-0.2, -0.15) is 0 Å². The van der Waals surface area contributed by atoms with E-state index < -0.39 is 47.7 Å². The molecule has 238 valence electrons. The van der Waals surface area contributed by atoms with Gasteiger partial charge in [0.1, 0.15) is 23.7 Å². The molecule has 0 saturated carbocycles. The molecule has 1 aromatic carbocycles. The van der Waals surface area contributed by atoms with E-state index in [4.69, 9.17) is 9.47 Å². The summed E-state index contributed by atoms with van der Waals surface area (Å²) in [6.07, 6.45) is 8.67. The van der Waals surface area contributed by atoms with Crippen LogP contribution in [0.15, 0.2) is 54.6 Å². The molecular formula is C34H45N3O7. The predicted octanol–water partition coefficient (Wildman–Crippen LogP) is 2.92. The minimum absolute atomic E-state index is 0.0785. The van der Waals surface area contributed by atoms with Crippen LogP contribution in [-0.2, 0) is 28.7 Å². The standard InChI is InChI=1S/C34H45N3O7/c1-4-5-17-36-18-11-7-10-14-27(39)35-20-26(23-12-8-6-9-13-23)43-33(42)28-25-15-16-34(44-25)29(28)31(40)37(30(34)32(36)41)24(21-38)19-22(2)3/h6-9,11-13,15-16,22,24-26,28-30,38H,4-5,10,14,17-21H2,1-3H3,(H,35,39)/b11-7-/t24-,25+,26+,28-,29-,30+,34-/m1/s1. The van der Waals surface area contributed by atoms with Gasteiger partial charge in [-0.25, -0.2) is 0 Å². The minimum Gasteiger partial charge on any atom is -0.455 e. The summed E-state index contributed by atoms with van der Waals surface area (Å²) in [6, 6.07) is 7.52. The normalized spacial score (nSPS) is 32.2. The van der Waals surface area contributed by atoms with E-state index in [-0.39, 0.29) is 43.2 Å². The van der Waals surface area contributed by atoms with Gasteiger partial charge in [0.25, 0.3) is 0 Å². The first kappa shape index (κ1) is 31.9. The number of hydrogen-bond acceptors (Lipinski definition) is 7. The number of ether oxygens (including phenoxy) is 2. The third-order valence-corrected chi connectivity index (χ3v) is 9.20. The first-order valence-electron chi connectivity index (χ1n) is 16.0. The fraction of sp³-hybridized carbons (Fsp3) is 0.588. The van der Waals surface area contributed by atoms with Gasteiger partial charge in [-0.3, -0.25) is 19.2 Å². The Morgan fingerprint density at radius 1 is 1.09 bits per heavy atom. The van der Waals surface area contributed by atoms with Crippen LogP contribution >= 0.6 is 0 Å². The molecule has 5 bridgehead atoms. The van der Waals surface area contributed by atoms with Crippen LogP contribution in [0.3, 0.4) is 0 Å². The number of nitrogens with zero attached hydrogens (tertiary/aromatic N) is 2. The molecule has 4 aliphatic rings. The molecule has 1 spiro atoms. The van der Waals surface area contributed by atoms with Crippen LogP contribution < -0.4 is 5.32 Å². The lowest BCUT2D eigenvalue weighted by atomic mass is 9.74. The molecule has 10 heteroatoms. The molecule has 2 N–H and O–H groups in total. The summed E-state index contributed by atoms with van der Waals surface area (Å²) in [5.74, 6) is -3.26. The zero-order valence-electron chi connectivity index (χ0n) is 25.9. The molecule has 4 aliphatic heterocycles. The van der Waals surface area contributed by atoms with Crippen molar-refractivity contribution in [2.75, 3.05) is 26.2 Å². The average Bonchev–Trinajstić information content (AvgIpc) is 3.66. The van der Waals surface area contributed by atoms with Gasteiger partial charge in [-0.15, -0.1) is 0 Å². The van der Waals surface area contributed by atoms with Crippen LogP contribution in [0.1, 0.15) is 64.5 Å². The van der Waals surface area contributed by atoms with E-state index in [1.807, 2.05) is 63.3 Å². The van der Waals surface area contributed by atoms with Crippen molar-refractivity contribution < 1.29 is 33.8 Å². The molecule has 3 amide bonds. The Morgan fingerprint density at radius 2 is 1.86 bits per heavy atom. The van der Waals surface area contributed by atoms with E-state index in [9.17, 15) is 24.3 Å². The number of esters is 1. The third kappa shape index (κ3) is 6.06. The van der Waals surface area contributed by atoms with Gasteiger partial charge in [-0.05, 0) is 30.7 Å². The number of rotatable bonds is 8. The number of likely N-dealkylation sites (tertiary alicyclic amines) is 1. The molecule has 2 saturated heterocycles. The predicted molar refractivity (Wildman–Crippen MR) is 163 cm³/mol. The van der Waals surface area contributed by atoms with E-state index >= 15 is 0 Å². The second kappa shape index (κ2) is 13.6. The number of nitrogens with one attached hydrogen (secondary N) is 1. The van der Waals surface area contributed by atoms with E-state index in [2.05, 4.69) is 5.32 Å². The molecule has 44 heavy (non-hydrogen) atoms. The van der Waals surface area contributed by atoms with Gasteiger partial charge in [0.2, 0.25) is 17.7 Å². The lowest BCUT2D eigenvalue weighted by Crippen LogP contribution is -2.58. The quantitative estimate of drug-likeness (QED) is 0.344. The molecule has 10 nitrogen and oxygen atoms in total. The maximum Gasteiger partial charge on any atom is 0.313 e. The largest absolute Gasteiger partial charge is 0.455 e. The van der Waals surface area contributed by atoms with Crippen LogP contribution in [0, 0.1) is 17.8 Å². The highest BCUT2D eigenvalue weighted by molar-refractivity contribution is 5.99. The van der Waals surface area contributed by atoms with Crippen LogP contribution in [0.5, 0.6) is 0 Å². The summed E-state index contributed by atoms with van der Waals surface area (Å²) in [6.45, 7) is 6.61. The van der Waals surface area contributed by atoms with Crippen molar-refractivity contribution in [2.45, 2.75) is 82.8 Å². The number of unbranched alkanes of at least 4 members (excludes halogenated alkanes) is 1. The first-order valence-corrected chi connectivity index (χ1v) is 16.0. The number of benzene rings is 1. The van der Waals surface area contributed by atoms with Gasteiger partial charge in [0.15, 0.2) is 0 Å². The highest BCUT2D eigenvalue weighted by Crippen LogP contribution is 2.56. The highest BCUT2D eigenvalue weighted by atomic mass is 16.6. The number of aliphatic hydroxyl groups excluding tert-OH is 1. The Bertz CT molecular complexity index is 1280. The lowest BCUT2D eigenvalue weighted by molar-refractivity contribution is -0.160. The number of amides is 3. The average molecular weight is 608 g/mol. The van der Waals surface area contributed by atoms with Gasteiger partial charge in [0, 0.05) is 19.5 Å². The molecule has 4 heterocycles. The van der Waals surface area contributed by atoms with Crippen LogP contribution in [0.4, 0.5) is 0 Å². The number of cyclic esters (lactones) is 1. The second-order valence-electron chi connectivity index (χ2n) is 12.7. The summed E-state index contributed by atoms with van der Waals surface area (Å²) >= 11 is 0. The molecule has 0 unspecified atom stereocenters. The smallest absolute Gasteiger partial charge is 0.313 e. The molecule has 0 aromatic heterocycles. The Kier molecular flexibility index (Phi) is 9.90. The Morgan fingerprint density at radius 3 is 2.57 bits per heavy atom. The molecule has 0 aliphatic carbocycles. The number of carbonyl (C=O) groups excluding carboxylic acids is 4. The number of hydrogen-bond donors (Lipinski definition) is 2. The lowest BCUT2D eigenvalue weighted by Gasteiger charge is -2.39. The molecular weight excluding hydrogens is 562 g/mol. The van der Waals surface area contributed by atoms with Crippen molar-refractivity contribution in [3.05, 3.63) is 60.2 Å². The first-order chi connectivity index (χ1) is 21.2. The van der Waals surface area contributed by atoms with E-state index in [1.165, 1.54) is 4.90 Å². The number of fused-ring (bicyclic) bond motifs is 2. The van der Waals surface area contributed by atoms with Crippen molar-refractivity contribution in [1.29, 1.82) is 0 Å². The fourth-order valence-corrected chi connectivity index (χ4v) is 7.13.